The summed E-state index contributed by atoms with van der Waals surface area (Å²) in [4.78, 5) is 2.53. The quantitative estimate of drug-likeness (QED) is 0.875. The molecule has 3 rings (SSSR count). The number of anilines is 1. The van der Waals surface area contributed by atoms with Crippen LogP contribution in [0.2, 0.25) is 0 Å². The summed E-state index contributed by atoms with van der Waals surface area (Å²) in [6.07, 6.45) is 8.23. The Morgan fingerprint density at radius 1 is 0.947 bits per heavy atom. The van der Waals surface area contributed by atoms with Gasteiger partial charge in [0.1, 0.15) is 0 Å². The zero-order chi connectivity index (χ0) is 13.1. The smallest absolute Gasteiger partial charge is 0.0540 e. The molecule has 1 N–H and O–H groups in total. The molecule has 19 heavy (non-hydrogen) atoms. The van der Waals surface area contributed by atoms with Gasteiger partial charge in [-0.3, -0.25) is 0 Å². The zero-order valence-corrected chi connectivity index (χ0v) is 11.7. The average molecular weight is 259 g/mol. The highest BCUT2D eigenvalue weighted by Gasteiger charge is 2.21. The van der Waals surface area contributed by atoms with Crippen LogP contribution in [0.15, 0.2) is 24.3 Å². The standard InChI is InChI=1S/C17H25NO/c19-17-9-7-14(8-10-17)15-5-4-6-16(13-15)18-11-2-1-3-12-18/h4-6,13-14,17,19H,1-3,7-12H2. The largest absolute Gasteiger partial charge is 0.393 e. The van der Waals surface area contributed by atoms with Crippen LogP contribution in [0.5, 0.6) is 0 Å². The first kappa shape index (κ1) is 13.0. The molecular formula is C17H25NO. The first-order valence-electron chi connectivity index (χ1n) is 7.86. The highest BCUT2D eigenvalue weighted by atomic mass is 16.3. The Hall–Kier alpha value is -1.02. The van der Waals surface area contributed by atoms with E-state index in [1.165, 1.54) is 43.6 Å². The van der Waals surface area contributed by atoms with Crippen molar-refractivity contribution in [2.75, 3.05) is 18.0 Å². The van der Waals surface area contributed by atoms with Crippen LogP contribution >= 0.6 is 0 Å². The molecule has 2 aliphatic rings. The monoisotopic (exact) mass is 259 g/mol. The molecule has 0 unspecified atom stereocenters. The summed E-state index contributed by atoms with van der Waals surface area (Å²) in [6.45, 7) is 2.43. The molecule has 1 aliphatic heterocycles. The Kier molecular flexibility index (Phi) is 4.07. The average Bonchev–Trinajstić information content (AvgIpc) is 2.49. The van der Waals surface area contributed by atoms with Gasteiger partial charge in [0, 0.05) is 18.8 Å². The predicted octanol–water partition coefficient (Wildman–Crippen LogP) is 3.70. The maximum Gasteiger partial charge on any atom is 0.0540 e. The number of rotatable bonds is 2. The van der Waals surface area contributed by atoms with Gasteiger partial charge in [0.05, 0.1) is 6.10 Å². The molecule has 0 radical (unpaired) electrons. The van der Waals surface area contributed by atoms with Crippen LogP contribution in [-0.4, -0.2) is 24.3 Å². The molecule has 1 aromatic rings. The van der Waals surface area contributed by atoms with Crippen LogP contribution in [0.3, 0.4) is 0 Å². The van der Waals surface area contributed by atoms with E-state index in [-0.39, 0.29) is 6.10 Å². The van der Waals surface area contributed by atoms with E-state index in [4.69, 9.17) is 0 Å². The molecule has 0 bridgehead atoms. The molecule has 2 nitrogen and oxygen atoms in total. The van der Waals surface area contributed by atoms with Crippen LogP contribution in [0.4, 0.5) is 5.69 Å². The number of aliphatic hydroxyl groups excluding tert-OH is 1. The maximum atomic E-state index is 9.62. The first-order chi connectivity index (χ1) is 9.33. The lowest BCUT2D eigenvalue weighted by molar-refractivity contribution is 0.122. The van der Waals surface area contributed by atoms with E-state index >= 15 is 0 Å². The SMILES string of the molecule is OC1CCC(c2cccc(N3CCCCC3)c2)CC1. The Morgan fingerprint density at radius 2 is 1.68 bits per heavy atom. The third kappa shape index (κ3) is 3.11. The van der Waals surface area contributed by atoms with E-state index in [9.17, 15) is 5.11 Å². The molecule has 0 atom stereocenters. The highest BCUT2D eigenvalue weighted by molar-refractivity contribution is 5.49. The second-order valence-corrected chi connectivity index (χ2v) is 6.15. The lowest BCUT2D eigenvalue weighted by Gasteiger charge is -2.30. The van der Waals surface area contributed by atoms with Gasteiger partial charge in [0.2, 0.25) is 0 Å². The van der Waals surface area contributed by atoms with E-state index in [1.807, 2.05) is 0 Å². The molecule has 1 heterocycles. The minimum Gasteiger partial charge on any atom is -0.393 e. The fraction of sp³-hybridized carbons (Fsp3) is 0.647. The van der Waals surface area contributed by atoms with Crippen LogP contribution in [0, 0.1) is 0 Å². The summed E-state index contributed by atoms with van der Waals surface area (Å²) in [5.41, 5.74) is 2.89. The normalized spacial score (nSPS) is 28.4. The number of aliphatic hydroxyl groups is 1. The second-order valence-electron chi connectivity index (χ2n) is 6.15. The van der Waals surface area contributed by atoms with Crippen molar-refractivity contribution in [2.24, 2.45) is 0 Å². The van der Waals surface area contributed by atoms with Crippen molar-refractivity contribution in [3.63, 3.8) is 0 Å². The number of benzene rings is 1. The molecule has 2 fully saturated rings. The predicted molar refractivity (Wildman–Crippen MR) is 79.7 cm³/mol. The van der Waals surface area contributed by atoms with E-state index in [2.05, 4.69) is 29.2 Å². The van der Waals surface area contributed by atoms with Crippen molar-refractivity contribution in [1.82, 2.24) is 0 Å². The highest BCUT2D eigenvalue weighted by Crippen LogP contribution is 2.34. The van der Waals surface area contributed by atoms with E-state index in [0.717, 1.165) is 25.7 Å². The van der Waals surface area contributed by atoms with Crippen molar-refractivity contribution >= 4 is 5.69 Å². The molecule has 1 saturated heterocycles. The number of piperidine rings is 1. The lowest BCUT2D eigenvalue weighted by atomic mass is 9.82. The van der Waals surface area contributed by atoms with E-state index in [0.29, 0.717) is 5.92 Å². The third-order valence-electron chi connectivity index (χ3n) is 4.76. The van der Waals surface area contributed by atoms with Crippen molar-refractivity contribution in [1.29, 1.82) is 0 Å². The molecule has 1 saturated carbocycles. The molecule has 0 amide bonds. The number of nitrogens with zero attached hydrogens (tertiary/aromatic N) is 1. The van der Waals surface area contributed by atoms with Gasteiger partial charge >= 0.3 is 0 Å². The third-order valence-corrected chi connectivity index (χ3v) is 4.76. The molecule has 1 aliphatic carbocycles. The molecule has 2 heteroatoms. The van der Waals surface area contributed by atoms with Gasteiger partial charge in [0.15, 0.2) is 0 Å². The van der Waals surface area contributed by atoms with E-state index < -0.39 is 0 Å². The van der Waals surface area contributed by atoms with Crippen LogP contribution in [0.1, 0.15) is 56.4 Å². The van der Waals surface area contributed by atoms with Crippen molar-refractivity contribution in [2.45, 2.75) is 57.0 Å². The van der Waals surface area contributed by atoms with Crippen LogP contribution < -0.4 is 4.90 Å². The summed E-state index contributed by atoms with van der Waals surface area (Å²) in [7, 11) is 0. The van der Waals surface area contributed by atoms with E-state index in [1.54, 1.807) is 0 Å². The lowest BCUT2D eigenvalue weighted by Crippen LogP contribution is -2.29. The van der Waals surface area contributed by atoms with Crippen molar-refractivity contribution in [3.8, 4) is 0 Å². The molecule has 1 aromatic carbocycles. The summed E-state index contributed by atoms with van der Waals surface area (Å²) in [5.74, 6) is 0.660. The molecule has 0 spiro atoms. The topological polar surface area (TPSA) is 23.5 Å². The van der Waals surface area contributed by atoms with Gasteiger partial charge in [-0.05, 0) is 68.6 Å². The molecule has 104 valence electrons. The second kappa shape index (κ2) is 5.96. The fourth-order valence-electron chi connectivity index (χ4n) is 3.54. The Bertz CT molecular complexity index is 403. The Morgan fingerprint density at radius 3 is 2.42 bits per heavy atom. The van der Waals surface area contributed by atoms with Gasteiger partial charge in [-0.2, -0.15) is 0 Å². The molecular weight excluding hydrogens is 234 g/mol. The minimum atomic E-state index is -0.0541. The Labute approximate surface area is 116 Å². The van der Waals surface area contributed by atoms with Crippen molar-refractivity contribution in [3.05, 3.63) is 29.8 Å². The fourth-order valence-corrected chi connectivity index (χ4v) is 3.54. The van der Waals surface area contributed by atoms with Crippen LogP contribution in [-0.2, 0) is 0 Å². The Balaban J connectivity index is 1.72. The van der Waals surface area contributed by atoms with Gasteiger partial charge < -0.3 is 10.0 Å². The van der Waals surface area contributed by atoms with Crippen LogP contribution in [0.25, 0.3) is 0 Å². The summed E-state index contributed by atoms with van der Waals surface area (Å²) in [6, 6.07) is 9.14. The van der Waals surface area contributed by atoms with Crippen molar-refractivity contribution < 1.29 is 5.11 Å². The zero-order valence-electron chi connectivity index (χ0n) is 11.7. The van der Waals surface area contributed by atoms with Gasteiger partial charge in [-0.25, -0.2) is 0 Å². The van der Waals surface area contributed by atoms with Gasteiger partial charge in [-0.1, -0.05) is 12.1 Å². The van der Waals surface area contributed by atoms with Gasteiger partial charge in [0.25, 0.3) is 0 Å². The maximum absolute atomic E-state index is 9.62. The number of hydrogen-bond acceptors (Lipinski definition) is 2. The summed E-state index contributed by atoms with van der Waals surface area (Å²) >= 11 is 0. The first-order valence-corrected chi connectivity index (χ1v) is 7.86. The minimum absolute atomic E-state index is 0.0541. The summed E-state index contributed by atoms with van der Waals surface area (Å²) < 4.78 is 0. The number of hydrogen-bond donors (Lipinski definition) is 1. The molecule has 0 aromatic heterocycles. The summed E-state index contributed by atoms with van der Waals surface area (Å²) in [5, 5.41) is 9.62. The van der Waals surface area contributed by atoms with Gasteiger partial charge in [-0.15, -0.1) is 0 Å².